The third-order valence-electron chi connectivity index (χ3n) is 4.76. The molecule has 4 rings (SSSR count). The van der Waals surface area contributed by atoms with E-state index in [1.807, 2.05) is 42.5 Å². The number of carbonyl (C=O) groups is 1. The fraction of sp³-hybridized carbons (Fsp3) is 0.125. The van der Waals surface area contributed by atoms with E-state index in [1.54, 1.807) is 41.5 Å². The van der Waals surface area contributed by atoms with Crippen LogP contribution in [-0.4, -0.2) is 27.8 Å². The molecule has 1 N–H and O–H groups in total. The molecule has 162 valence electrons. The quantitative estimate of drug-likeness (QED) is 0.431. The van der Waals surface area contributed by atoms with Crippen molar-refractivity contribution in [2.24, 2.45) is 0 Å². The van der Waals surface area contributed by atoms with Gasteiger partial charge in [-0.25, -0.2) is 9.67 Å². The normalized spacial score (nSPS) is 10.6. The van der Waals surface area contributed by atoms with Crippen LogP contribution in [0.4, 0.5) is 0 Å². The van der Waals surface area contributed by atoms with Crippen LogP contribution in [0, 0.1) is 0 Å². The van der Waals surface area contributed by atoms with Crippen molar-refractivity contribution >= 4 is 17.5 Å². The maximum atomic E-state index is 12.7. The number of nitrogens with zero attached hydrogens (tertiary/aromatic N) is 3. The van der Waals surface area contributed by atoms with Gasteiger partial charge in [0.1, 0.15) is 6.61 Å². The summed E-state index contributed by atoms with van der Waals surface area (Å²) >= 11 is 5.92. The van der Waals surface area contributed by atoms with E-state index in [4.69, 9.17) is 21.1 Å². The molecule has 0 saturated heterocycles. The van der Waals surface area contributed by atoms with Crippen LogP contribution in [0.15, 0.2) is 79.3 Å². The van der Waals surface area contributed by atoms with Gasteiger partial charge in [0, 0.05) is 41.3 Å². The molecule has 0 unspecified atom stereocenters. The van der Waals surface area contributed by atoms with Crippen molar-refractivity contribution in [1.29, 1.82) is 0 Å². The summed E-state index contributed by atoms with van der Waals surface area (Å²) in [6, 6.07) is 18.0. The predicted molar refractivity (Wildman–Crippen MR) is 121 cm³/mol. The highest BCUT2D eigenvalue weighted by atomic mass is 35.5. The van der Waals surface area contributed by atoms with E-state index in [0.29, 0.717) is 41.1 Å². The maximum absolute atomic E-state index is 12.7. The largest absolute Gasteiger partial charge is 0.493 e. The lowest BCUT2D eigenvalue weighted by Gasteiger charge is -2.13. The number of methoxy groups -OCH3 is 1. The van der Waals surface area contributed by atoms with Crippen LogP contribution in [0.1, 0.15) is 21.5 Å². The Morgan fingerprint density at radius 1 is 1.06 bits per heavy atom. The minimum Gasteiger partial charge on any atom is -0.493 e. The van der Waals surface area contributed by atoms with Crippen LogP contribution < -0.4 is 14.8 Å². The lowest BCUT2D eigenvalue weighted by atomic mass is 10.1. The van der Waals surface area contributed by atoms with E-state index in [2.05, 4.69) is 15.4 Å². The molecular weight excluding hydrogens is 428 g/mol. The Bertz CT molecular complexity index is 1190. The average Bonchev–Trinajstić information content (AvgIpc) is 3.37. The molecule has 0 aliphatic heterocycles. The molecular formula is C24H21ClN4O3. The highest BCUT2D eigenvalue weighted by molar-refractivity contribution is 6.30. The molecule has 0 fully saturated rings. The topological polar surface area (TPSA) is 78.3 Å². The Kier molecular flexibility index (Phi) is 6.67. The summed E-state index contributed by atoms with van der Waals surface area (Å²) in [5.74, 6) is 1.46. The molecule has 0 spiro atoms. The third-order valence-corrected chi connectivity index (χ3v) is 5.01. The van der Waals surface area contributed by atoms with Gasteiger partial charge in [0.15, 0.2) is 17.3 Å². The number of hydrogen-bond donors (Lipinski definition) is 1. The second-order valence-corrected chi connectivity index (χ2v) is 7.34. The number of hydrogen-bond acceptors (Lipinski definition) is 5. The van der Waals surface area contributed by atoms with E-state index in [9.17, 15) is 4.79 Å². The van der Waals surface area contributed by atoms with Gasteiger partial charge in [-0.05, 0) is 48.0 Å². The Labute approximate surface area is 190 Å². The van der Waals surface area contributed by atoms with Gasteiger partial charge >= 0.3 is 0 Å². The smallest absolute Gasteiger partial charge is 0.251 e. The van der Waals surface area contributed by atoms with Gasteiger partial charge in [0.25, 0.3) is 5.91 Å². The Balaban J connectivity index is 1.43. The predicted octanol–water partition coefficient (Wildman–Crippen LogP) is 4.44. The number of pyridine rings is 1. The van der Waals surface area contributed by atoms with Crippen LogP contribution >= 0.6 is 11.6 Å². The molecule has 32 heavy (non-hydrogen) atoms. The van der Waals surface area contributed by atoms with Gasteiger partial charge in [0.05, 0.1) is 7.11 Å². The summed E-state index contributed by atoms with van der Waals surface area (Å²) in [7, 11) is 1.54. The minimum atomic E-state index is -0.234. The molecule has 2 aromatic heterocycles. The second kappa shape index (κ2) is 9.98. The number of amides is 1. The van der Waals surface area contributed by atoms with Crippen molar-refractivity contribution in [1.82, 2.24) is 20.1 Å². The molecule has 2 heterocycles. The Morgan fingerprint density at radius 2 is 1.91 bits per heavy atom. The minimum absolute atomic E-state index is 0.234. The monoisotopic (exact) mass is 448 g/mol. The number of halogens is 1. The first-order valence-electron chi connectivity index (χ1n) is 9.91. The summed E-state index contributed by atoms with van der Waals surface area (Å²) in [5, 5.41) is 7.81. The molecule has 0 aliphatic carbocycles. The van der Waals surface area contributed by atoms with Crippen LogP contribution in [0.25, 0.3) is 5.82 Å². The first-order valence-corrected chi connectivity index (χ1v) is 10.3. The van der Waals surface area contributed by atoms with Crippen LogP contribution in [0.3, 0.4) is 0 Å². The molecule has 2 aromatic carbocycles. The summed E-state index contributed by atoms with van der Waals surface area (Å²) < 4.78 is 12.9. The van der Waals surface area contributed by atoms with E-state index >= 15 is 0 Å². The third kappa shape index (κ3) is 5.07. The maximum Gasteiger partial charge on any atom is 0.251 e. The number of carbonyl (C=O) groups excluding carboxylic acids is 1. The zero-order valence-corrected chi connectivity index (χ0v) is 18.1. The summed E-state index contributed by atoms with van der Waals surface area (Å²) in [6.07, 6.45) is 5.18. The molecule has 7 nitrogen and oxygen atoms in total. The fourth-order valence-electron chi connectivity index (χ4n) is 3.12. The molecule has 4 aromatic rings. The molecule has 8 heteroatoms. The van der Waals surface area contributed by atoms with Crippen LogP contribution in [0.5, 0.6) is 11.5 Å². The highest BCUT2D eigenvalue weighted by Crippen LogP contribution is 2.29. The van der Waals surface area contributed by atoms with E-state index in [-0.39, 0.29) is 5.91 Å². The van der Waals surface area contributed by atoms with Gasteiger partial charge in [-0.1, -0.05) is 29.8 Å². The van der Waals surface area contributed by atoms with Gasteiger partial charge < -0.3 is 14.8 Å². The lowest BCUT2D eigenvalue weighted by Crippen LogP contribution is -2.24. The second-order valence-electron chi connectivity index (χ2n) is 6.90. The van der Waals surface area contributed by atoms with Crippen molar-refractivity contribution in [2.75, 3.05) is 7.11 Å². The zero-order valence-electron chi connectivity index (χ0n) is 17.4. The van der Waals surface area contributed by atoms with Crippen molar-refractivity contribution in [3.05, 3.63) is 101 Å². The summed E-state index contributed by atoms with van der Waals surface area (Å²) in [6.45, 7) is 0.662. The number of ether oxygens (including phenoxy) is 2. The van der Waals surface area contributed by atoms with Crippen LogP contribution in [0.2, 0.25) is 5.02 Å². The first-order chi connectivity index (χ1) is 15.6. The van der Waals surface area contributed by atoms with E-state index in [1.165, 1.54) is 7.11 Å². The number of aromatic nitrogens is 3. The number of benzene rings is 2. The molecule has 1 amide bonds. The standard InChI is InChI=1S/C24H21ClN4O3/c1-31-22-14-18(7-10-21(22)32-16-17-5-8-20(25)9-6-17)24(30)27-15-19-4-2-11-26-23(19)29-13-3-12-28-29/h2-14H,15-16H2,1H3,(H,27,30). The van der Waals surface area contributed by atoms with E-state index in [0.717, 1.165) is 11.1 Å². The SMILES string of the molecule is COc1cc(C(=O)NCc2cccnc2-n2cccn2)ccc1OCc1ccc(Cl)cc1. The first kappa shape index (κ1) is 21.4. The average molecular weight is 449 g/mol. The zero-order chi connectivity index (χ0) is 22.3. The Morgan fingerprint density at radius 3 is 2.66 bits per heavy atom. The lowest BCUT2D eigenvalue weighted by molar-refractivity contribution is 0.0950. The van der Waals surface area contributed by atoms with Crippen molar-refractivity contribution < 1.29 is 14.3 Å². The summed E-state index contributed by atoms with van der Waals surface area (Å²) in [5.41, 5.74) is 2.28. The molecule has 0 saturated carbocycles. The van der Waals surface area contributed by atoms with Crippen molar-refractivity contribution in [2.45, 2.75) is 13.2 Å². The highest BCUT2D eigenvalue weighted by Gasteiger charge is 2.13. The van der Waals surface area contributed by atoms with Gasteiger partial charge in [-0.2, -0.15) is 5.10 Å². The van der Waals surface area contributed by atoms with Crippen molar-refractivity contribution in [3.63, 3.8) is 0 Å². The van der Waals surface area contributed by atoms with E-state index < -0.39 is 0 Å². The Hall–Kier alpha value is -3.84. The molecule has 0 aliphatic rings. The number of rotatable bonds is 8. The van der Waals surface area contributed by atoms with Gasteiger partial charge in [-0.15, -0.1) is 0 Å². The van der Waals surface area contributed by atoms with Gasteiger partial charge in [0.2, 0.25) is 0 Å². The van der Waals surface area contributed by atoms with Crippen LogP contribution in [-0.2, 0) is 13.2 Å². The molecule has 0 atom stereocenters. The summed E-state index contributed by atoms with van der Waals surface area (Å²) in [4.78, 5) is 17.1. The molecule has 0 radical (unpaired) electrons. The number of nitrogens with one attached hydrogen (secondary N) is 1. The van der Waals surface area contributed by atoms with Gasteiger partial charge in [-0.3, -0.25) is 4.79 Å². The molecule has 0 bridgehead atoms. The fourth-order valence-corrected chi connectivity index (χ4v) is 3.24. The van der Waals surface area contributed by atoms with Crippen molar-refractivity contribution in [3.8, 4) is 17.3 Å².